The molecule has 0 spiro atoms. The van der Waals surface area contributed by atoms with Crippen molar-refractivity contribution in [1.82, 2.24) is 20.1 Å². The lowest BCUT2D eigenvalue weighted by Gasteiger charge is -2.23. The fourth-order valence-electron chi connectivity index (χ4n) is 3.54. The van der Waals surface area contributed by atoms with E-state index in [2.05, 4.69) is 16.3 Å². The van der Waals surface area contributed by atoms with Crippen LogP contribution in [0.5, 0.6) is 0 Å². The molecule has 33 heavy (non-hydrogen) atoms. The van der Waals surface area contributed by atoms with Crippen molar-refractivity contribution in [3.63, 3.8) is 0 Å². The van der Waals surface area contributed by atoms with Crippen LogP contribution in [0.25, 0.3) is 22.5 Å². The molecule has 0 aliphatic rings. The summed E-state index contributed by atoms with van der Waals surface area (Å²) in [5, 5.41) is 7.60. The molecule has 3 heterocycles. The van der Waals surface area contributed by atoms with Gasteiger partial charge in [-0.05, 0) is 50.2 Å². The molecule has 2 amide bonds. The highest BCUT2D eigenvalue weighted by Gasteiger charge is 2.26. The van der Waals surface area contributed by atoms with Gasteiger partial charge in [0.05, 0.1) is 23.4 Å². The standard InChI is InChI=1S/C25H23N5O3/c1-5-17-8-6-9-18(12-17)29(15-23(31)26-4)25(32)19-13-21(22-10-7-11-33-22)28-24-20(19)14-27-30(24)16(2)3/h1,6-14,16H,15H2,2-4H3,(H,26,31). The molecule has 0 saturated heterocycles. The third-order valence-corrected chi connectivity index (χ3v) is 5.21. The number of pyridine rings is 1. The highest BCUT2D eigenvalue weighted by atomic mass is 16.3. The van der Waals surface area contributed by atoms with Gasteiger partial charge >= 0.3 is 0 Å². The number of hydrogen-bond donors (Lipinski definition) is 1. The maximum atomic E-state index is 13.9. The van der Waals surface area contributed by atoms with Gasteiger partial charge in [-0.2, -0.15) is 5.10 Å². The molecule has 4 rings (SSSR count). The second kappa shape index (κ2) is 9.01. The molecule has 0 aliphatic heterocycles. The molecule has 166 valence electrons. The number of rotatable bonds is 6. The van der Waals surface area contributed by atoms with Crippen molar-refractivity contribution in [3.8, 4) is 23.8 Å². The van der Waals surface area contributed by atoms with Gasteiger partial charge in [0, 0.05) is 24.3 Å². The number of likely N-dealkylation sites (N-methyl/N-ethyl adjacent to an activating group) is 1. The first-order valence-corrected chi connectivity index (χ1v) is 10.4. The number of terminal acetylenes is 1. The van der Waals surface area contributed by atoms with Crippen molar-refractivity contribution in [2.75, 3.05) is 18.5 Å². The fourth-order valence-corrected chi connectivity index (χ4v) is 3.54. The fraction of sp³-hybridized carbons (Fsp3) is 0.200. The van der Waals surface area contributed by atoms with Gasteiger partial charge < -0.3 is 9.73 Å². The number of hydrogen-bond acceptors (Lipinski definition) is 5. The molecule has 0 radical (unpaired) electrons. The van der Waals surface area contributed by atoms with Crippen molar-refractivity contribution in [2.24, 2.45) is 0 Å². The summed E-state index contributed by atoms with van der Waals surface area (Å²) in [6, 6.07) is 12.2. The summed E-state index contributed by atoms with van der Waals surface area (Å²) in [7, 11) is 1.52. The van der Waals surface area contributed by atoms with E-state index in [9.17, 15) is 9.59 Å². The van der Waals surface area contributed by atoms with Crippen LogP contribution in [-0.2, 0) is 4.79 Å². The molecule has 1 aromatic carbocycles. The number of amides is 2. The molecule has 0 aliphatic carbocycles. The highest BCUT2D eigenvalue weighted by molar-refractivity contribution is 6.15. The summed E-state index contributed by atoms with van der Waals surface area (Å²) >= 11 is 0. The average Bonchev–Trinajstić information content (AvgIpc) is 3.51. The molecule has 0 fully saturated rings. The number of carbonyl (C=O) groups excluding carboxylic acids is 2. The van der Waals surface area contributed by atoms with Gasteiger partial charge in [0.2, 0.25) is 5.91 Å². The number of nitrogens with one attached hydrogen (secondary N) is 1. The first kappa shape index (κ1) is 21.8. The van der Waals surface area contributed by atoms with Crippen molar-refractivity contribution >= 4 is 28.5 Å². The Kier molecular flexibility index (Phi) is 5.96. The Labute approximate surface area is 191 Å². The van der Waals surface area contributed by atoms with E-state index in [4.69, 9.17) is 15.8 Å². The van der Waals surface area contributed by atoms with E-state index in [1.165, 1.54) is 11.9 Å². The van der Waals surface area contributed by atoms with Gasteiger partial charge in [0.15, 0.2) is 11.4 Å². The first-order valence-electron chi connectivity index (χ1n) is 10.4. The van der Waals surface area contributed by atoms with Gasteiger partial charge in [-0.1, -0.05) is 12.0 Å². The third kappa shape index (κ3) is 4.21. The first-order chi connectivity index (χ1) is 15.9. The largest absolute Gasteiger partial charge is 0.463 e. The van der Waals surface area contributed by atoms with Crippen LogP contribution in [0, 0.1) is 12.3 Å². The van der Waals surface area contributed by atoms with E-state index in [1.54, 1.807) is 59.6 Å². The topological polar surface area (TPSA) is 93.3 Å². The Bertz CT molecular complexity index is 1360. The Balaban J connectivity index is 1.91. The van der Waals surface area contributed by atoms with E-state index in [1.807, 2.05) is 13.8 Å². The Morgan fingerprint density at radius 3 is 2.73 bits per heavy atom. The van der Waals surface area contributed by atoms with Gasteiger partial charge in [0.25, 0.3) is 5.91 Å². The van der Waals surface area contributed by atoms with Crippen LogP contribution in [0.15, 0.2) is 59.3 Å². The predicted octanol–water partition coefficient (Wildman–Crippen LogP) is 3.65. The molecule has 0 unspecified atom stereocenters. The Morgan fingerprint density at radius 1 is 1.24 bits per heavy atom. The van der Waals surface area contributed by atoms with Crippen LogP contribution < -0.4 is 10.2 Å². The normalized spacial score (nSPS) is 10.9. The van der Waals surface area contributed by atoms with Crippen molar-refractivity contribution in [3.05, 3.63) is 66.1 Å². The van der Waals surface area contributed by atoms with E-state index in [0.29, 0.717) is 39.3 Å². The SMILES string of the molecule is C#Cc1cccc(N(CC(=O)NC)C(=O)c2cc(-c3ccco3)nc3c2cnn3C(C)C)c1. The second-order valence-electron chi connectivity index (χ2n) is 7.71. The molecule has 3 aromatic heterocycles. The predicted molar refractivity (Wildman–Crippen MR) is 126 cm³/mol. The number of carbonyl (C=O) groups is 2. The zero-order chi connectivity index (χ0) is 23.5. The van der Waals surface area contributed by atoms with Crippen molar-refractivity contribution in [2.45, 2.75) is 19.9 Å². The summed E-state index contributed by atoms with van der Waals surface area (Å²) < 4.78 is 7.28. The number of anilines is 1. The van der Waals surface area contributed by atoms with Crippen LogP contribution in [0.1, 0.15) is 35.8 Å². The number of fused-ring (bicyclic) bond motifs is 1. The summed E-state index contributed by atoms with van der Waals surface area (Å²) in [5.41, 5.74) is 2.52. The van der Waals surface area contributed by atoms with E-state index < -0.39 is 0 Å². The molecule has 4 aromatic rings. The van der Waals surface area contributed by atoms with Crippen LogP contribution in [-0.4, -0.2) is 40.2 Å². The lowest BCUT2D eigenvalue weighted by Crippen LogP contribution is -2.40. The smallest absolute Gasteiger partial charge is 0.259 e. The number of benzene rings is 1. The quantitative estimate of drug-likeness (QED) is 0.461. The van der Waals surface area contributed by atoms with Crippen LogP contribution in [0.2, 0.25) is 0 Å². The van der Waals surface area contributed by atoms with Gasteiger partial charge in [-0.15, -0.1) is 6.42 Å². The van der Waals surface area contributed by atoms with Crippen molar-refractivity contribution < 1.29 is 14.0 Å². The lowest BCUT2D eigenvalue weighted by atomic mass is 10.1. The monoisotopic (exact) mass is 441 g/mol. The molecule has 1 N–H and O–H groups in total. The van der Waals surface area contributed by atoms with Crippen LogP contribution in [0.4, 0.5) is 5.69 Å². The highest BCUT2D eigenvalue weighted by Crippen LogP contribution is 2.29. The molecule has 0 atom stereocenters. The van der Waals surface area contributed by atoms with Gasteiger partial charge in [0.1, 0.15) is 12.2 Å². The van der Waals surface area contributed by atoms with E-state index in [-0.39, 0.29) is 24.4 Å². The molecule has 0 bridgehead atoms. The molecule has 8 heteroatoms. The van der Waals surface area contributed by atoms with Crippen molar-refractivity contribution in [1.29, 1.82) is 0 Å². The second-order valence-corrected chi connectivity index (χ2v) is 7.71. The minimum atomic E-state index is -0.378. The molecule has 8 nitrogen and oxygen atoms in total. The van der Waals surface area contributed by atoms with E-state index in [0.717, 1.165) is 0 Å². The lowest BCUT2D eigenvalue weighted by molar-refractivity contribution is -0.119. The maximum Gasteiger partial charge on any atom is 0.259 e. The number of nitrogens with zero attached hydrogens (tertiary/aromatic N) is 4. The minimum absolute atomic E-state index is 0.0269. The zero-order valence-corrected chi connectivity index (χ0v) is 18.6. The van der Waals surface area contributed by atoms with Gasteiger partial charge in [-0.25, -0.2) is 9.67 Å². The zero-order valence-electron chi connectivity index (χ0n) is 18.6. The summed E-state index contributed by atoms with van der Waals surface area (Å²) in [6.07, 6.45) is 8.72. The van der Waals surface area contributed by atoms with Crippen LogP contribution >= 0.6 is 0 Å². The third-order valence-electron chi connectivity index (χ3n) is 5.21. The maximum absolute atomic E-state index is 13.9. The number of furan rings is 1. The summed E-state index contributed by atoms with van der Waals surface area (Å²) in [6.45, 7) is 3.79. The summed E-state index contributed by atoms with van der Waals surface area (Å²) in [4.78, 5) is 32.3. The Morgan fingerprint density at radius 2 is 2.06 bits per heavy atom. The Hall–Kier alpha value is -4.38. The van der Waals surface area contributed by atoms with Crippen LogP contribution in [0.3, 0.4) is 0 Å². The molecular weight excluding hydrogens is 418 g/mol. The molecule has 0 saturated carbocycles. The minimum Gasteiger partial charge on any atom is -0.463 e. The molecular formula is C25H23N5O3. The summed E-state index contributed by atoms with van der Waals surface area (Å²) in [5.74, 6) is 2.40. The average molecular weight is 441 g/mol. The van der Waals surface area contributed by atoms with Gasteiger partial charge in [-0.3, -0.25) is 14.5 Å². The number of aromatic nitrogens is 3. The van der Waals surface area contributed by atoms with E-state index >= 15 is 0 Å².